The number of rotatable bonds is 1. The smallest absolute Gasteiger partial charge is 0.0412 e. The average Bonchev–Trinajstić information content (AvgIpc) is 1.98. The molecule has 0 saturated carbocycles. The highest BCUT2D eigenvalue weighted by Crippen LogP contribution is 2.16. The molecule has 0 aliphatic heterocycles. The average molecular weight is 167 g/mol. The Morgan fingerprint density at radius 2 is 2.09 bits per heavy atom. The van der Waals surface area contributed by atoms with Crippen molar-refractivity contribution < 1.29 is 0 Å². The molecule has 0 unspecified atom stereocenters. The monoisotopic (exact) mass is 166 g/mol. The Morgan fingerprint density at radius 1 is 1.36 bits per heavy atom. The lowest BCUT2D eigenvalue weighted by atomic mass is 10.1. The zero-order chi connectivity index (χ0) is 8.27. The Balaban J connectivity index is 3.12. The van der Waals surface area contributed by atoms with Crippen molar-refractivity contribution in [3.05, 3.63) is 40.4 Å². The molecule has 0 aliphatic carbocycles. The number of hydrogen-bond donors (Lipinski definition) is 0. The van der Waals surface area contributed by atoms with Crippen molar-refractivity contribution >= 4 is 17.7 Å². The van der Waals surface area contributed by atoms with E-state index in [-0.39, 0.29) is 0 Å². The molecule has 0 aromatic heterocycles. The summed E-state index contributed by atoms with van der Waals surface area (Å²) in [5, 5.41) is 0.795. The Hall–Kier alpha value is -0.750. The first-order valence-corrected chi connectivity index (χ1v) is 4.00. The van der Waals surface area contributed by atoms with Crippen LogP contribution in [0.2, 0.25) is 5.02 Å². The third kappa shape index (κ3) is 2.09. The van der Waals surface area contributed by atoms with E-state index in [4.69, 9.17) is 11.6 Å². The molecule has 0 aliphatic rings. The lowest BCUT2D eigenvalue weighted by Gasteiger charge is -1.99. The predicted molar refractivity (Wildman–Crippen MR) is 50.9 cm³/mol. The number of halogens is 1. The van der Waals surface area contributed by atoms with E-state index in [9.17, 15) is 0 Å². The topological polar surface area (TPSA) is 0 Å². The quantitative estimate of drug-likeness (QED) is 0.597. The molecule has 0 saturated heterocycles. The van der Waals surface area contributed by atoms with Crippen molar-refractivity contribution in [2.75, 3.05) is 0 Å². The number of hydrogen-bond acceptors (Lipinski definition) is 0. The molecule has 11 heavy (non-hydrogen) atoms. The van der Waals surface area contributed by atoms with Crippen LogP contribution in [0.25, 0.3) is 6.08 Å². The molecule has 0 amide bonds. The Morgan fingerprint density at radius 3 is 2.73 bits per heavy atom. The van der Waals surface area contributed by atoms with E-state index in [1.807, 2.05) is 31.2 Å². The summed E-state index contributed by atoms with van der Waals surface area (Å²) in [5.41, 5.74) is 2.45. The molecule has 0 spiro atoms. The molecular formula is C10H11Cl. The fraction of sp³-hybridized carbons (Fsp3) is 0.200. The van der Waals surface area contributed by atoms with Crippen molar-refractivity contribution in [3.8, 4) is 0 Å². The Kier molecular flexibility index (Phi) is 2.72. The molecule has 0 nitrogen and oxygen atoms in total. The molecule has 58 valence electrons. The van der Waals surface area contributed by atoms with Gasteiger partial charge in [-0.15, -0.1) is 0 Å². The van der Waals surface area contributed by atoms with Crippen LogP contribution in [0.4, 0.5) is 0 Å². The largest absolute Gasteiger partial charge is 0.0871 e. The Bertz CT molecular complexity index is 274. The van der Waals surface area contributed by atoms with Crippen LogP contribution in [0, 0.1) is 6.92 Å². The van der Waals surface area contributed by atoms with Gasteiger partial charge in [-0.25, -0.2) is 0 Å². The molecule has 1 aromatic rings. The van der Waals surface area contributed by atoms with E-state index in [0.29, 0.717) is 0 Å². The number of allylic oxidation sites excluding steroid dienone is 1. The molecule has 0 radical (unpaired) electrons. The van der Waals surface area contributed by atoms with E-state index in [1.54, 1.807) is 0 Å². The lowest BCUT2D eigenvalue weighted by Crippen LogP contribution is -1.78. The SMILES string of the molecule is C/C=C\c1cc(Cl)ccc1C. The standard InChI is InChI=1S/C10H11Cl/c1-3-4-9-7-10(11)6-5-8(9)2/h3-7H,1-2H3/b4-3-. The van der Waals surface area contributed by atoms with E-state index in [2.05, 4.69) is 13.0 Å². The van der Waals surface area contributed by atoms with Gasteiger partial charge in [0.05, 0.1) is 0 Å². The number of benzene rings is 1. The van der Waals surface area contributed by atoms with Gasteiger partial charge in [0.1, 0.15) is 0 Å². The summed E-state index contributed by atoms with van der Waals surface area (Å²) in [6.45, 7) is 4.08. The minimum atomic E-state index is 0.795. The van der Waals surface area contributed by atoms with Crippen LogP contribution in [-0.2, 0) is 0 Å². The van der Waals surface area contributed by atoms with E-state index < -0.39 is 0 Å². The van der Waals surface area contributed by atoms with Gasteiger partial charge in [-0.05, 0) is 37.1 Å². The van der Waals surface area contributed by atoms with Crippen molar-refractivity contribution in [1.29, 1.82) is 0 Å². The van der Waals surface area contributed by atoms with Crippen LogP contribution in [0.3, 0.4) is 0 Å². The normalized spacial score (nSPS) is 10.8. The Labute approximate surface area is 72.5 Å². The lowest BCUT2D eigenvalue weighted by molar-refractivity contribution is 1.44. The van der Waals surface area contributed by atoms with Gasteiger partial charge in [-0.3, -0.25) is 0 Å². The third-order valence-electron chi connectivity index (χ3n) is 1.59. The molecule has 1 aromatic carbocycles. The van der Waals surface area contributed by atoms with Gasteiger partial charge in [-0.1, -0.05) is 29.8 Å². The minimum absolute atomic E-state index is 0.795. The summed E-state index contributed by atoms with van der Waals surface area (Å²) < 4.78 is 0. The zero-order valence-corrected chi connectivity index (χ0v) is 7.52. The van der Waals surface area contributed by atoms with E-state index in [1.165, 1.54) is 11.1 Å². The number of aryl methyl sites for hydroxylation is 1. The van der Waals surface area contributed by atoms with Crippen LogP contribution in [0.15, 0.2) is 24.3 Å². The summed E-state index contributed by atoms with van der Waals surface area (Å²) in [6, 6.07) is 5.90. The maximum atomic E-state index is 5.82. The molecule has 0 N–H and O–H groups in total. The first kappa shape index (κ1) is 8.35. The molecule has 1 rings (SSSR count). The highest BCUT2D eigenvalue weighted by molar-refractivity contribution is 6.30. The second kappa shape index (κ2) is 3.59. The van der Waals surface area contributed by atoms with Gasteiger partial charge >= 0.3 is 0 Å². The van der Waals surface area contributed by atoms with Gasteiger partial charge in [0.15, 0.2) is 0 Å². The van der Waals surface area contributed by atoms with Crippen molar-refractivity contribution in [2.24, 2.45) is 0 Å². The molecule has 0 bridgehead atoms. The van der Waals surface area contributed by atoms with Gasteiger partial charge in [0.2, 0.25) is 0 Å². The van der Waals surface area contributed by atoms with E-state index in [0.717, 1.165) is 5.02 Å². The maximum absolute atomic E-state index is 5.82. The second-order valence-electron chi connectivity index (χ2n) is 2.50. The van der Waals surface area contributed by atoms with Gasteiger partial charge in [-0.2, -0.15) is 0 Å². The summed E-state index contributed by atoms with van der Waals surface area (Å²) in [6.07, 6.45) is 4.07. The highest BCUT2D eigenvalue weighted by atomic mass is 35.5. The summed E-state index contributed by atoms with van der Waals surface area (Å²) in [4.78, 5) is 0. The fourth-order valence-electron chi connectivity index (χ4n) is 0.970. The first-order chi connectivity index (χ1) is 5.24. The first-order valence-electron chi connectivity index (χ1n) is 3.63. The van der Waals surface area contributed by atoms with Crippen LogP contribution < -0.4 is 0 Å². The summed E-state index contributed by atoms with van der Waals surface area (Å²) in [5.74, 6) is 0. The molecule has 0 fully saturated rings. The molecule has 1 heteroatoms. The predicted octanol–water partition coefficient (Wildman–Crippen LogP) is 3.68. The zero-order valence-electron chi connectivity index (χ0n) is 6.76. The second-order valence-corrected chi connectivity index (χ2v) is 2.94. The van der Waals surface area contributed by atoms with Crippen LogP contribution in [0.1, 0.15) is 18.1 Å². The van der Waals surface area contributed by atoms with Gasteiger partial charge in [0, 0.05) is 5.02 Å². The van der Waals surface area contributed by atoms with Gasteiger partial charge in [0.25, 0.3) is 0 Å². The molecule has 0 heterocycles. The van der Waals surface area contributed by atoms with Crippen molar-refractivity contribution in [1.82, 2.24) is 0 Å². The van der Waals surface area contributed by atoms with E-state index >= 15 is 0 Å². The maximum Gasteiger partial charge on any atom is 0.0412 e. The molecule has 0 atom stereocenters. The molecular weight excluding hydrogens is 156 g/mol. The van der Waals surface area contributed by atoms with Crippen molar-refractivity contribution in [3.63, 3.8) is 0 Å². The van der Waals surface area contributed by atoms with Crippen LogP contribution in [-0.4, -0.2) is 0 Å². The highest BCUT2D eigenvalue weighted by Gasteiger charge is 1.93. The third-order valence-corrected chi connectivity index (χ3v) is 1.82. The van der Waals surface area contributed by atoms with Crippen molar-refractivity contribution in [2.45, 2.75) is 13.8 Å². The fourth-order valence-corrected chi connectivity index (χ4v) is 1.15. The van der Waals surface area contributed by atoms with Gasteiger partial charge < -0.3 is 0 Å². The summed E-state index contributed by atoms with van der Waals surface area (Å²) in [7, 11) is 0. The summed E-state index contributed by atoms with van der Waals surface area (Å²) >= 11 is 5.82. The van der Waals surface area contributed by atoms with Crippen LogP contribution in [0.5, 0.6) is 0 Å². The minimum Gasteiger partial charge on any atom is -0.0871 e. The van der Waals surface area contributed by atoms with Crippen LogP contribution >= 0.6 is 11.6 Å².